The lowest BCUT2D eigenvalue weighted by atomic mass is 10.0. The largest absolute Gasteiger partial charge is 0.326 e. The van der Waals surface area contributed by atoms with Gasteiger partial charge in [0.2, 0.25) is 0 Å². The molecule has 1 fully saturated rings. The fraction of sp³-hybridized carbons (Fsp3) is 0.400. The zero-order valence-corrected chi connectivity index (χ0v) is 11.0. The van der Waals surface area contributed by atoms with Crippen LogP contribution in [-0.2, 0) is 6.54 Å². The van der Waals surface area contributed by atoms with Crippen molar-refractivity contribution in [1.29, 1.82) is 0 Å². The number of hydrogen-bond donors (Lipinski definition) is 2. The van der Waals surface area contributed by atoms with Gasteiger partial charge in [-0.1, -0.05) is 18.2 Å². The Morgan fingerprint density at radius 2 is 1.95 bits per heavy atom. The Hall–Kier alpha value is -1.49. The fourth-order valence-electron chi connectivity index (χ4n) is 2.97. The summed E-state index contributed by atoms with van der Waals surface area (Å²) >= 11 is 0. The lowest BCUT2D eigenvalue weighted by Gasteiger charge is -2.34. The van der Waals surface area contributed by atoms with E-state index in [1.54, 1.807) is 0 Å². The highest BCUT2D eigenvalue weighted by molar-refractivity contribution is 5.84. The van der Waals surface area contributed by atoms with E-state index < -0.39 is 0 Å². The van der Waals surface area contributed by atoms with Crippen LogP contribution in [0.25, 0.3) is 10.8 Å². The number of hydrogen-bond acceptors (Lipinski definition) is 4. The van der Waals surface area contributed by atoms with Gasteiger partial charge < -0.3 is 11.5 Å². The van der Waals surface area contributed by atoms with Gasteiger partial charge in [0.05, 0.1) is 0 Å². The number of nitrogens with two attached hydrogens (primary N) is 2. The molecule has 0 saturated carbocycles. The quantitative estimate of drug-likeness (QED) is 0.844. The van der Waals surface area contributed by atoms with E-state index in [4.69, 9.17) is 11.5 Å². The normalized spacial score (nSPS) is 24.7. The van der Waals surface area contributed by atoms with Crippen LogP contribution < -0.4 is 11.5 Å². The van der Waals surface area contributed by atoms with Crippen molar-refractivity contribution in [2.45, 2.75) is 25.0 Å². The zero-order chi connectivity index (χ0) is 13.2. The molecule has 2 aromatic rings. The second kappa shape index (κ2) is 5.25. The zero-order valence-electron chi connectivity index (χ0n) is 11.0. The molecule has 3 rings (SSSR count). The van der Waals surface area contributed by atoms with E-state index in [2.05, 4.69) is 34.1 Å². The molecule has 0 aliphatic carbocycles. The van der Waals surface area contributed by atoms with Crippen molar-refractivity contribution in [3.05, 3.63) is 42.2 Å². The Morgan fingerprint density at radius 1 is 1.16 bits per heavy atom. The minimum atomic E-state index is 0.195. The minimum Gasteiger partial charge on any atom is -0.326 e. The summed E-state index contributed by atoms with van der Waals surface area (Å²) in [5.74, 6) is 0. The van der Waals surface area contributed by atoms with E-state index in [0.717, 1.165) is 26.1 Å². The van der Waals surface area contributed by atoms with Gasteiger partial charge in [0.15, 0.2) is 0 Å². The summed E-state index contributed by atoms with van der Waals surface area (Å²) in [7, 11) is 0. The van der Waals surface area contributed by atoms with Crippen LogP contribution in [0, 0.1) is 0 Å². The third-order valence-corrected chi connectivity index (χ3v) is 3.76. The molecule has 1 aliphatic heterocycles. The molecule has 2 heterocycles. The average molecular weight is 256 g/mol. The maximum absolute atomic E-state index is 6.05. The Balaban J connectivity index is 1.85. The summed E-state index contributed by atoms with van der Waals surface area (Å²) in [5.41, 5.74) is 13.4. The van der Waals surface area contributed by atoms with Crippen molar-refractivity contribution in [2.24, 2.45) is 11.5 Å². The molecule has 0 radical (unpaired) electrons. The minimum absolute atomic E-state index is 0.195. The molecule has 0 spiro atoms. The molecule has 1 saturated heterocycles. The SMILES string of the molecule is NC1CC(N)CN(Cc2cccc3cnccc23)C1. The second-order valence-corrected chi connectivity index (χ2v) is 5.46. The average Bonchev–Trinajstić information content (AvgIpc) is 2.38. The summed E-state index contributed by atoms with van der Waals surface area (Å²) < 4.78 is 0. The van der Waals surface area contributed by atoms with Crippen molar-refractivity contribution < 1.29 is 0 Å². The number of likely N-dealkylation sites (tertiary alicyclic amines) is 1. The molecule has 0 bridgehead atoms. The third-order valence-electron chi connectivity index (χ3n) is 3.76. The van der Waals surface area contributed by atoms with E-state index in [1.807, 2.05) is 12.4 Å². The van der Waals surface area contributed by atoms with Crippen molar-refractivity contribution in [2.75, 3.05) is 13.1 Å². The predicted molar refractivity (Wildman–Crippen MR) is 77.6 cm³/mol. The summed E-state index contributed by atoms with van der Waals surface area (Å²) in [5, 5.41) is 2.45. The number of aromatic nitrogens is 1. The van der Waals surface area contributed by atoms with Gasteiger partial charge in [-0.05, 0) is 23.4 Å². The summed E-state index contributed by atoms with van der Waals surface area (Å²) in [6.45, 7) is 2.76. The second-order valence-electron chi connectivity index (χ2n) is 5.46. The molecule has 2 unspecified atom stereocenters. The standard InChI is InChI=1S/C15H20N4/c16-13-6-14(17)10-19(9-13)8-12-3-1-2-11-7-18-5-4-15(11)12/h1-5,7,13-14H,6,8-10,16-17H2. The highest BCUT2D eigenvalue weighted by Crippen LogP contribution is 2.20. The van der Waals surface area contributed by atoms with Gasteiger partial charge in [0.1, 0.15) is 0 Å². The number of nitrogens with zero attached hydrogens (tertiary/aromatic N) is 2. The smallest absolute Gasteiger partial charge is 0.0346 e. The molecular weight excluding hydrogens is 236 g/mol. The first-order chi connectivity index (χ1) is 9.22. The molecule has 4 nitrogen and oxygen atoms in total. The fourth-order valence-corrected chi connectivity index (χ4v) is 2.97. The Kier molecular flexibility index (Phi) is 3.46. The Bertz CT molecular complexity index is 554. The van der Waals surface area contributed by atoms with Crippen molar-refractivity contribution in [1.82, 2.24) is 9.88 Å². The van der Waals surface area contributed by atoms with Crippen LogP contribution in [-0.4, -0.2) is 35.1 Å². The summed E-state index contributed by atoms with van der Waals surface area (Å²) in [6, 6.07) is 8.83. The Morgan fingerprint density at radius 3 is 2.74 bits per heavy atom. The highest BCUT2D eigenvalue weighted by atomic mass is 15.2. The number of pyridine rings is 1. The molecule has 2 atom stereocenters. The molecule has 19 heavy (non-hydrogen) atoms. The van der Waals surface area contributed by atoms with E-state index >= 15 is 0 Å². The first kappa shape index (κ1) is 12.5. The van der Waals surface area contributed by atoms with Gasteiger partial charge in [-0.15, -0.1) is 0 Å². The first-order valence-corrected chi connectivity index (χ1v) is 6.77. The van der Waals surface area contributed by atoms with Crippen molar-refractivity contribution >= 4 is 10.8 Å². The van der Waals surface area contributed by atoms with Crippen LogP contribution in [0.3, 0.4) is 0 Å². The molecule has 4 N–H and O–H groups in total. The monoisotopic (exact) mass is 256 g/mol. The van der Waals surface area contributed by atoms with Crippen LogP contribution in [0.15, 0.2) is 36.7 Å². The van der Waals surface area contributed by atoms with E-state index in [9.17, 15) is 0 Å². The molecule has 4 heteroatoms. The van der Waals surface area contributed by atoms with E-state index in [1.165, 1.54) is 16.3 Å². The molecule has 0 amide bonds. The topological polar surface area (TPSA) is 68.2 Å². The van der Waals surface area contributed by atoms with E-state index in [-0.39, 0.29) is 12.1 Å². The van der Waals surface area contributed by atoms with Crippen LogP contribution in [0.5, 0.6) is 0 Å². The van der Waals surface area contributed by atoms with Gasteiger partial charge in [-0.25, -0.2) is 0 Å². The number of benzene rings is 1. The van der Waals surface area contributed by atoms with Crippen LogP contribution >= 0.6 is 0 Å². The maximum atomic E-state index is 6.05. The number of rotatable bonds is 2. The van der Waals surface area contributed by atoms with Crippen molar-refractivity contribution in [3.63, 3.8) is 0 Å². The molecular formula is C15H20N4. The highest BCUT2D eigenvalue weighted by Gasteiger charge is 2.22. The predicted octanol–water partition coefficient (Wildman–Crippen LogP) is 1.10. The van der Waals surface area contributed by atoms with Gasteiger partial charge in [0.25, 0.3) is 0 Å². The number of fused-ring (bicyclic) bond motifs is 1. The van der Waals surface area contributed by atoms with Crippen LogP contribution in [0.1, 0.15) is 12.0 Å². The Labute approximate surface area is 113 Å². The third kappa shape index (κ3) is 2.76. The lowest BCUT2D eigenvalue weighted by Crippen LogP contribution is -2.51. The van der Waals surface area contributed by atoms with Crippen LogP contribution in [0.2, 0.25) is 0 Å². The lowest BCUT2D eigenvalue weighted by molar-refractivity contribution is 0.183. The molecule has 1 aromatic carbocycles. The summed E-state index contributed by atoms with van der Waals surface area (Å²) in [4.78, 5) is 6.53. The van der Waals surface area contributed by atoms with Crippen LogP contribution in [0.4, 0.5) is 0 Å². The molecule has 1 aromatic heterocycles. The number of piperidine rings is 1. The van der Waals surface area contributed by atoms with Gasteiger partial charge >= 0.3 is 0 Å². The van der Waals surface area contributed by atoms with Gasteiger partial charge in [-0.3, -0.25) is 9.88 Å². The first-order valence-electron chi connectivity index (χ1n) is 6.77. The van der Waals surface area contributed by atoms with Gasteiger partial charge in [-0.2, -0.15) is 0 Å². The van der Waals surface area contributed by atoms with Crippen molar-refractivity contribution in [3.8, 4) is 0 Å². The van der Waals surface area contributed by atoms with Gasteiger partial charge in [0, 0.05) is 49.5 Å². The summed E-state index contributed by atoms with van der Waals surface area (Å²) in [6.07, 6.45) is 4.68. The van der Waals surface area contributed by atoms with E-state index in [0.29, 0.717) is 0 Å². The molecule has 100 valence electrons. The maximum Gasteiger partial charge on any atom is 0.0346 e. The molecule has 1 aliphatic rings.